The highest BCUT2D eigenvalue weighted by molar-refractivity contribution is 5.89. The summed E-state index contributed by atoms with van der Waals surface area (Å²) in [7, 11) is 0. The standard InChI is InChI=1S/C18H22O6/c1-3-16(19)22-9-10-23-17(20)14-5-7-15(8-6-14)24-13-18(4-2)11-21-12-18/h3,5-8H,1,4,9-13H2,2H3. The predicted octanol–water partition coefficient (Wildman–Crippen LogP) is 2.38. The molecule has 0 atom stereocenters. The summed E-state index contributed by atoms with van der Waals surface area (Å²) in [5.74, 6) is -0.325. The highest BCUT2D eigenvalue weighted by Gasteiger charge is 2.37. The molecule has 1 heterocycles. The highest BCUT2D eigenvalue weighted by Crippen LogP contribution is 2.31. The van der Waals surface area contributed by atoms with Crippen LogP contribution >= 0.6 is 0 Å². The zero-order chi connectivity index (χ0) is 17.4. The summed E-state index contributed by atoms with van der Waals surface area (Å²) in [6, 6.07) is 6.75. The molecule has 24 heavy (non-hydrogen) atoms. The summed E-state index contributed by atoms with van der Waals surface area (Å²) in [6.45, 7) is 7.44. The van der Waals surface area contributed by atoms with E-state index in [-0.39, 0.29) is 18.6 Å². The van der Waals surface area contributed by atoms with Crippen molar-refractivity contribution in [2.45, 2.75) is 13.3 Å². The molecular formula is C18H22O6. The van der Waals surface area contributed by atoms with Crippen LogP contribution < -0.4 is 4.74 Å². The van der Waals surface area contributed by atoms with Crippen LogP contribution in [0.2, 0.25) is 0 Å². The number of benzene rings is 1. The molecule has 1 saturated heterocycles. The molecule has 0 aromatic heterocycles. The summed E-state index contributed by atoms with van der Waals surface area (Å²) < 4.78 is 20.8. The molecule has 1 fully saturated rings. The Morgan fingerprint density at radius 1 is 1.21 bits per heavy atom. The number of carbonyl (C=O) groups is 2. The van der Waals surface area contributed by atoms with Crippen LogP contribution in [0.1, 0.15) is 23.7 Å². The first kappa shape index (κ1) is 18.0. The first-order valence-corrected chi connectivity index (χ1v) is 7.85. The number of esters is 2. The minimum Gasteiger partial charge on any atom is -0.493 e. The van der Waals surface area contributed by atoms with E-state index in [1.807, 2.05) is 0 Å². The minimum atomic E-state index is -0.547. The maximum absolute atomic E-state index is 11.8. The first-order valence-electron chi connectivity index (χ1n) is 7.85. The third-order valence-corrected chi connectivity index (χ3v) is 3.93. The molecule has 1 aliphatic rings. The largest absolute Gasteiger partial charge is 0.493 e. The van der Waals surface area contributed by atoms with Gasteiger partial charge in [-0.3, -0.25) is 0 Å². The van der Waals surface area contributed by atoms with Crippen LogP contribution in [0, 0.1) is 5.41 Å². The lowest BCUT2D eigenvalue weighted by molar-refractivity contribution is -0.138. The third-order valence-electron chi connectivity index (χ3n) is 3.93. The maximum atomic E-state index is 11.8. The summed E-state index contributed by atoms with van der Waals surface area (Å²) in [4.78, 5) is 22.7. The van der Waals surface area contributed by atoms with Gasteiger partial charge in [-0.2, -0.15) is 0 Å². The van der Waals surface area contributed by atoms with E-state index in [0.29, 0.717) is 17.9 Å². The molecule has 1 aromatic carbocycles. The van der Waals surface area contributed by atoms with Gasteiger partial charge in [-0.15, -0.1) is 0 Å². The van der Waals surface area contributed by atoms with Gasteiger partial charge in [-0.1, -0.05) is 13.5 Å². The zero-order valence-electron chi connectivity index (χ0n) is 13.8. The van der Waals surface area contributed by atoms with Crippen LogP contribution in [0.4, 0.5) is 0 Å². The normalized spacial score (nSPS) is 15.0. The number of hydrogen-bond donors (Lipinski definition) is 0. The van der Waals surface area contributed by atoms with Gasteiger partial charge in [-0.25, -0.2) is 9.59 Å². The molecule has 0 unspecified atom stereocenters. The Hall–Kier alpha value is -2.34. The second-order valence-electron chi connectivity index (χ2n) is 5.67. The van der Waals surface area contributed by atoms with E-state index < -0.39 is 11.9 Å². The Balaban J connectivity index is 1.75. The number of ether oxygens (including phenoxy) is 4. The molecule has 1 aromatic rings. The molecular weight excluding hydrogens is 312 g/mol. The monoisotopic (exact) mass is 334 g/mol. The molecule has 0 amide bonds. The van der Waals surface area contributed by atoms with Crippen LogP contribution in [0.5, 0.6) is 5.75 Å². The van der Waals surface area contributed by atoms with E-state index in [9.17, 15) is 9.59 Å². The van der Waals surface area contributed by atoms with Crippen molar-refractivity contribution in [2.24, 2.45) is 5.41 Å². The smallest absolute Gasteiger partial charge is 0.338 e. The van der Waals surface area contributed by atoms with Crippen molar-refractivity contribution in [1.29, 1.82) is 0 Å². The van der Waals surface area contributed by atoms with E-state index >= 15 is 0 Å². The predicted molar refractivity (Wildman–Crippen MR) is 86.9 cm³/mol. The Morgan fingerprint density at radius 2 is 1.88 bits per heavy atom. The van der Waals surface area contributed by atoms with Gasteiger partial charge in [0.15, 0.2) is 0 Å². The van der Waals surface area contributed by atoms with Crippen molar-refractivity contribution >= 4 is 11.9 Å². The van der Waals surface area contributed by atoms with Crippen molar-refractivity contribution in [2.75, 3.05) is 33.0 Å². The van der Waals surface area contributed by atoms with Gasteiger partial charge < -0.3 is 18.9 Å². The lowest BCUT2D eigenvalue weighted by atomic mass is 9.84. The van der Waals surface area contributed by atoms with Gasteiger partial charge in [0.25, 0.3) is 0 Å². The van der Waals surface area contributed by atoms with Gasteiger partial charge in [-0.05, 0) is 30.7 Å². The number of carbonyl (C=O) groups excluding carboxylic acids is 2. The van der Waals surface area contributed by atoms with E-state index in [2.05, 4.69) is 13.5 Å². The van der Waals surface area contributed by atoms with Crippen LogP contribution in [0.25, 0.3) is 0 Å². The van der Waals surface area contributed by atoms with E-state index in [0.717, 1.165) is 25.7 Å². The van der Waals surface area contributed by atoms with Crippen LogP contribution in [-0.4, -0.2) is 45.0 Å². The second-order valence-corrected chi connectivity index (χ2v) is 5.67. The van der Waals surface area contributed by atoms with Gasteiger partial charge in [0.05, 0.1) is 30.8 Å². The van der Waals surface area contributed by atoms with Gasteiger partial charge in [0, 0.05) is 6.08 Å². The van der Waals surface area contributed by atoms with Gasteiger partial charge in [0.2, 0.25) is 0 Å². The quantitative estimate of drug-likeness (QED) is 0.392. The SMILES string of the molecule is C=CC(=O)OCCOC(=O)c1ccc(OCC2(CC)COC2)cc1. The van der Waals surface area contributed by atoms with Crippen molar-refractivity contribution in [3.63, 3.8) is 0 Å². The molecule has 6 heteroatoms. The van der Waals surface area contributed by atoms with Crippen molar-refractivity contribution < 1.29 is 28.5 Å². The molecule has 0 N–H and O–H groups in total. The number of rotatable bonds is 9. The van der Waals surface area contributed by atoms with Crippen LogP contribution in [0.15, 0.2) is 36.9 Å². The molecule has 2 rings (SSSR count). The van der Waals surface area contributed by atoms with E-state index in [1.165, 1.54) is 0 Å². The topological polar surface area (TPSA) is 71.1 Å². The molecule has 0 bridgehead atoms. The van der Waals surface area contributed by atoms with Crippen molar-refractivity contribution in [3.8, 4) is 5.75 Å². The fraction of sp³-hybridized carbons (Fsp3) is 0.444. The van der Waals surface area contributed by atoms with Crippen molar-refractivity contribution in [3.05, 3.63) is 42.5 Å². The molecule has 0 radical (unpaired) electrons. The lowest BCUT2D eigenvalue weighted by Gasteiger charge is -2.40. The first-order chi connectivity index (χ1) is 11.6. The Labute approximate surface area is 141 Å². The maximum Gasteiger partial charge on any atom is 0.338 e. The molecule has 130 valence electrons. The van der Waals surface area contributed by atoms with Gasteiger partial charge >= 0.3 is 11.9 Å². The lowest BCUT2D eigenvalue weighted by Crippen LogP contribution is -2.46. The van der Waals surface area contributed by atoms with Crippen LogP contribution in [-0.2, 0) is 19.0 Å². The van der Waals surface area contributed by atoms with Gasteiger partial charge in [0.1, 0.15) is 19.0 Å². The molecule has 0 saturated carbocycles. The average molecular weight is 334 g/mol. The summed E-state index contributed by atoms with van der Waals surface area (Å²) in [5.41, 5.74) is 0.523. The van der Waals surface area contributed by atoms with Crippen LogP contribution in [0.3, 0.4) is 0 Å². The summed E-state index contributed by atoms with van der Waals surface area (Å²) in [5, 5.41) is 0. The minimum absolute atomic E-state index is 0.00103. The zero-order valence-corrected chi connectivity index (χ0v) is 13.8. The summed E-state index contributed by atoms with van der Waals surface area (Å²) in [6.07, 6.45) is 2.06. The molecule has 1 aliphatic heterocycles. The van der Waals surface area contributed by atoms with E-state index in [1.54, 1.807) is 24.3 Å². The van der Waals surface area contributed by atoms with Crippen molar-refractivity contribution in [1.82, 2.24) is 0 Å². The highest BCUT2D eigenvalue weighted by atomic mass is 16.6. The Kier molecular flexibility index (Phi) is 6.37. The fourth-order valence-corrected chi connectivity index (χ4v) is 2.12. The second kappa shape index (κ2) is 8.49. The van der Waals surface area contributed by atoms with E-state index in [4.69, 9.17) is 18.9 Å². The Morgan fingerprint density at radius 3 is 2.42 bits per heavy atom. The Bertz CT molecular complexity index is 568. The molecule has 0 aliphatic carbocycles. The molecule has 0 spiro atoms. The summed E-state index contributed by atoms with van der Waals surface area (Å²) >= 11 is 0. The fourth-order valence-electron chi connectivity index (χ4n) is 2.12. The average Bonchev–Trinajstić information content (AvgIpc) is 2.58. The molecule has 6 nitrogen and oxygen atoms in total. The number of hydrogen-bond acceptors (Lipinski definition) is 6. The third kappa shape index (κ3) is 4.83.